The van der Waals surface area contributed by atoms with E-state index in [2.05, 4.69) is 15.1 Å². The third-order valence-electron chi connectivity index (χ3n) is 4.75. The zero-order chi connectivity index (χ0) is 17.9. The van der Waals surface area contributed by atoms with Crippen molar-refractivity contribution in [2.24, 2.45) is 7.05 Å². The van der Waals surface area contributed by atoms with Crippen LogP contribution in [0.4, 0.5) is 0 Å². The van der Waals surface area contributed by atoms with Gasteiger partial charge in [0, 0.05) is 38.4 Å². The minimum atomic E-state index is 0.00451. The first kappa shape index (κ1) is 16.5. The van der Waals surface area contributed by atoms with Crippen LogP contribution in [0.1, 0.15) is 24.5 Å². The number of aromatic nitrogens is 4. The van der Waals surface area contributed by atoms with Crippen molar-refractivity contribution >= 4 is 17.1 Å². The van der Waals surface area contributed by atoms with E-state index in [-0.39, 0.29) is 18.4 Å². The van der Waals surface area contributed by atoms with E-state index in [9.17, 15) is 4.79 Å². The Bertz CT molecular complexity index is 909. The van der Waals surface area contributed by atoms with Gasteiger partial charge in [0.1, 0.15) is 11.3 Å². The summed E-state index contributed by atoms with van der Waals surface area (Å²) in [6, 6.07) is 9.41. The molecule has 0 saturated carbocycles. The van der Waals surface area contributed by atoms with Crippen molar-refractivity contribution < 1.29 is 9.53 Å². The van der Waals surface area contributed by atoms with Crippen LogP contribution in [0.25, 0.3) is 11.2 Å². The number of fused-ring (bicyclic) bond motifs is 1. The topological polar surface area (TPSA) is 73.1 Å². The molecule has 1 atom stereocenters. The zero-order valence-electron chi connectivity index (χ0n) is 14.7. The van der Waals surface area contributed by atoms with E-state index in [1.165, 1.54) is 0 Å². The summed E-state index contributed by atoms with van der Waals surface area (Å²) in [4.78, 5) is 23.2. The maximum atomic E-state index is 12.6. The molecular weight excluding hydrogens is 330 g/mol. The Morgan fingerprint density at radius 2 is 2.04 bits per heavy atom. The second-order valence-electron chi connectivity index (χ2n) is 6.52. The van der Waals surface area contributed by atoms with Gasteiger partial charge >= 0.3 is 0 Å². The van der Waals surface area contributed by atoms with Crippen molar-refractivity contribution in [3.8, 4) is 5.75 Å². The molecule has 0 aliphatic carbocycles. The van der Waals surface area contributed by atoms with Crippen LogP contribution in [0.2, 0.25) is 0 Å². The maximum Gasteiger partial charge on any atom is 0.260 e. The Balaban J connectivity index is 1.46. The highest BCUT2D eigenvalue weighted by atomic mass is 16.5. The number of ether oxygens (including phenoxy) is 1. The molecule has 0 radical (unpaired) electrons. The standard InChI is InChI=1S/C19H21N5O2/c1-23-19-18(20-9-10-21-19)17(22-23)14-6-5-11-24(12-14)16(25)13-26-15-7-3-2-4-8-15/h2-4,7-10,14H,5-6,11-13H2,1H3/t14-/m0/s1. The summed E-state index contributed by atoms with van der Waals surface area (Å²) in [5.74, 6) is 0.884. The summed E-state index contributed by atoms with van der Waals surface area (Å²) in [6.07, 6.45) is 5.30. The molecule has 3 aromatic rings. The second kappa shape index (κ2) is 7.11. The van der Waals surface area contributed by atoms with E-state index >= 15 is 0 Å². The number of piperidine rings is 1. The molecular formula is C19H21N5O2. The molecule has 0 bridgehead atoms. The van der Waals surface area contributed by atoms with Crippen molar-refractivity contribution in [3.05, 3.63) is 48.4 Å². The summed E-state index contributed by atoms with van der Waals surface area (Å²) in [7, 11) is 1.87. The molecule has 1 fully saturated rings. The number of para-hydroxylation sites is 1. The molecule has 1 aliphatic heterocycles. The minimum Gasteiger partial charge on any atom is -0.484 e. The molecule has 0 spiro atoms. The zero-order valence-corrected chi connectivity index (χ0v) is 14.7. The number of carbonyl (C=O) groups is 1. The van der Waals surface area contributed by atoms with E-state index < -0.39 is 0 Å². The van der Waals surface area contributed by atoms with Crippen LogP contribution >= 0.6 is 0 Å². The van der Waals surface area contributed by atoms with Gasteiger partial charge in [0.15, 0.2) is 12.3 Å². The molecule has 0 unspecified atom stereocenters. The molecule has 7 nitrogen and oxygen atoms in total. The monoisotopic (exact) mass is 351 g/mol. The van der Waals surface area contributed by atoms with Crippen LogP contribution in [0.3, 0.4) is 0 Å². The molecule has 7 heteroatoms. The Kier molecular flexibility index (Phi) is 4.51. The molecule has 1 aromatic carbocycles. The fourth-order valence-corrected chi connectivity index (χ4v) is 3.46. The number of likely N-dealkylation sites (tertiary alicyclic amines) is 1. The van der Waals surface area contributed by atoms with Gasteiger partial charge in [0.2, 0.25) is 0 Å². The lowest BCUT2D eigenvalue weighted by atomic mass is 9.94. The third kappa shape index (κ3) is 3.24. The number of hydrogen-bond donors (Lipinski definition) is 0. The number of hydrogen-bond acceptors (Lipinski definition) is 5. The lowest BCUT2D eigenvalue weighted by molar-refractivity contribution is -0.134. The van der Waals surface area contributed by atoms with E-state index in [1.54, 1.807) is 17.1 Å². The molecule has 26 heavy (non-hydrogen) atoms. The number of nitrogens with zero attached hydrogens (tertiary/aromatic N) is 5. The fraction of sp³-hybridized carbons (Fsp3) is 0.368. The van der Waals surface area contributed by atoms with Gasteiger partial charge in [-0.2, -0.15) is 5.10 Å². The number of rotatable bonds is 4. The van der Waals surface area contributed by atoms with Gasteiger partial charge in [0.25, 0.3) is 5.91 Å². The lowest BCUT2D eigenvalue weighted by Gasteiger charge is -2.32. The van der Waals surface area contributed by atoms with E-state index in [0.717, 1.165) is 36.2 Å². The highest BCUT2D eigenvalue weighted by Crippen LogP contribution is 2.29. The average Bonchev–Trinajstić information content (AvgIpc) is 3.04. The van der Waals surface area contributed by atoms with Gasteiger partial charge in [-0.3, -0.25) is 4.79 Å². The van der Waals surface area contributed by atoms with Crippen LogP contribution < -0.4 is 4.74 Å². The molecule has 1 amide bonds. The highest BCUT2D eigenvalue weighted by molar-refractivity contribution is 5.78. The number of amides is 1. The summed E-state index contributed by atoms with van der Waals surface area (Å²) in [5, 5.41) is 4.62. The summed E-state index contributed by atoms with van der Waals surface area (Å²) in [5.41, 5.74) is 2.53. The van der Waals surface area contributed by atoms with Gasteiger partial charge in [-0.25, -0.2) is 14.6 Å². The fourth-order valence-electron chi connectivity index (χ4n) is 3.46. The Labute approximate surface area is 151 Å². The largest absolute Gasteiger partial charge is 0.484 e. The number of carbonyl (C=O) groups excluding carboxylic acids is 1. The first-order valence-corrected chi connectivity index (χ1v) is 8.81. The molecule has 4 rings (SSSR count). The highest BCUT2D eigenvalue weighted by Gasteiger charge is 2.28. The second-order valence-corrected chi connectivity index (χ2v) is 6.52. The normalized spacial score (nSPS) is 17.4. The van der Waals surface area contributed by atoms with Crippen molar-refractivity contribution in [2.45, 2.75) is 18.8 Å². The van der Waals surface area contributed by atoms with Crippen LogP contribution in [0, 0.1) is 0 Å². The third-order valence-corrected chi connectivity index (χ3v) is 4.75. The SMILES string of the molecule is Cn1nc([C@H]2CCCN(C(=O)COc3ccccc3)C2)c2nccnc21. The number of aryl methyl sites for hydroxylation is 1. The Hall–Kier alpha value is -2.96. The summed E-state index contributed by atoms with van der Waals surface area (Å²) >= 11 is 0. The summed E-state index contributed by atoms with van der Waals surface area (Å²) in [6.45, 7) is 1.45. The Morgan fingerprint density at radius 1 is 1.23 bits per heavy atom. The predicted molar refractivity (Wildman–Crippen MR) is 96.8 cm³/mol. The van der Waals surface area contributed by atoms with Crippen LogP contribution in [-0.4, -0.2) is 50.3 Å². The first-order valence-electron chi connectivity index (χ1n) is 8.81. The van der Waals surface area contributed by atoms with E-state index in [4.69, 9.17) is 4.74 Å². The molecule has 0 N–H and O–H groups in total. The quantitative estimate of drug-likeness (QED) is 0.720. The average molecular weight is 351 g/mol. The van der Waals surface area contributed by atoms with Gasteiger partial charge < -0.3 is 9.64 Å². The van der Waals surface area contributed by atoms with Crippen LogP contribution in [0.15, 0.2) is 42.7 Å². The van der Waals surface area contributed by atoms with Crippen molar-refractivity contribution in [2.75, 3.05) is 19.7 Å². The van der Waals surface area contributed by atoms with Gasteiger partial charge in [0.05, 0.1) is 5.69 Å². The van der Waals surface area contributed by atoms with Gasteiger partial charge in [-0.15, -0.1) is 0 Å². The molecule has 3 heterocycles. The van der Waals surface area contributed by atoms with Crippen molar-refractivity contribution in [3.63, 3.8) is 0 Å². The van der Waals surface area contributed by atoms with Gasteiger partial charge in [-0.1, -0.05) is 18.2 Å². The first-order chi connectivity index (χ1) is 12.7. The summed E-state index contributed by atoms with van der Waals surface area (Å²) < 4.78 is 7.36. The smallest absolute Gasteiger partial charge is 0.260 e. The maximum absolute atomic E-state index is 12.6. The van der Waals surface area contributed by atoms with Crippen molar-refractivity contribution in [1.82, 2.24) is 24.6 Å². The van der Waals surface area contributed by atoms with Gasteiger partial charge in [-0.05, 0) is 25.0 Å². The predicted octanol–water partition coefficient (Wildman–Crippen LogP) is 2.15. The van der Waals surface area contributed by atoms with E-state index in [0.29, 0.717) is 12.3 Å². The minimum absolute atomic E-state index is 0.00451. The lowest BCUT2D eigenvalue weighted by Crippen LogP contribution is -2.41. The molecule has 1 aliphatic rings. The van der Waals surface area contributed by atoms with Crippen molar-refractivity contribution in [1.29, 1.82) is 0 Å². The molecule has 2 aromatic heterocycles. The number of benzene rings is 1. The van der Waals surface area contributed by atoms with E-state index in [1.807, 2.05) is 42.3 Å². The van der Waals surface area contributed by atoms with Crippen LogP contribution in [0.5, 0.6) is 5.75 Å². The van der Waals surface area contributed by atoms with Crippen LogP contribution in [-0.2, 0) is 11.8 Å². The molecule has 1 saturated heterocycles. The Morgan fingerprint density at radius 3 is 2.88 bits per heavy atom. The molecule has 134 valence electrons.